The first-order valence-corrected chi connectivity index (χ1v) is 8.71. The van der Waals surface area contributed by atoms with Gasteiger partial charge in [-0.1, -0.05) is 29.4 Å². The quantitative estimate of drug-likeness (QED) is 0.923. The highest BCUT2D eigenvalue weighted by molar-refractivity contribution is 5.70. The van der Waals surface area contributed by atoms with Gasteiger partial charge in [0.15, 0.2) is 0 Å². The Morgan fingerprint density at radius 3 is 2.96 bits per heavy atom. The number of aryl methyl sites for hydroxylation is 1. The molecule has 1 amide bonds. The number of alkyl carbamates (subject to hydrolysis) is 1. The lowest BCUT2D eigenvalue weighted by molar-refractivity contribution is 0.0440. The van der Waals surface area contributed by atoms with Gasteiger partial charge in [0.25, 0.3) is 0 Å². The molecule has 3 heterocycles. The van der Waals surface area contributed by atoms with Crippen molar-refractivity contribution >= 4 is 6.09 Å². The summed E-state index contributed by atoms with van der Waals surface area (Å²) in [5.74, 6) is 1.25. The Morgan fingerprint density at radius 1 is 1.28 bits per heavy atom. The Balaban J connectivity index is 1.41. The van der Waals surface area contributed by atoms with E-state index in [0.717, 1.165) is 43.5 Å². The van der Waals surface area contributed by atoms with Crippen molar-refractivity contribution in [3.05, 3.63) is 35.7 Å². The lowest BCUT2D eigenvalue weighted by Crippen LogP contribution is -2.34. The van der Waals surface area contributed by atoms with Crippen LogP contribution in [0.2, 0.25) is 0 Å². The summed E-state index contributed by atoms with van der Waals surface area (Å²) in [5, 5.41) is 6.90. The lowest BCUT2D eigenvalue weighted by Gasteiger charge is -2.24. The van der Waals surface area contributed by atoms with E-state index >= 15 is 0 Å². The highest BCUT2D eigenvalue weighted by Gasteiger charge is 2.41. The topological polar surface area (TPSA) is 80.5 Å². The number of amides is 1. The molecule has 1 atom stereocenters. The SMILES string of the molecule is Cc1ccccc1-c1noc(CN2CCC[C@]3(CC2)CNC(=O)O3)n1. The molecule has 25 heavy (non-hydrogen) atoms. The van der Waals surface area contributed by atoms with Crippen molar-refractivity contribution < 1.29 is 14.1 Å². The number of likely N-dealkylation sites (tertiary alicyclic amines) is 1. The lowest BCUT2D eigenvalue weighted by atomic mass is 9.95. The molecule has 2 saturated heterocycles. The minimum Gasteiger partial charge on any atom is -0.441 e. The van der Waals surface area contributed by atoms with E-state index in [1.807, 2.05) is 31.2 Å². The third kappa shape index (κ3) is 3.37. The Kier molecular flexibility index (Phi) is 4.17. The highest BCUT2D eigenvalue weighted by Crippen LogP contribution is 2.30. The van der Waals surface area contributed by atoms with E-state index < -0.39 is 0 Å². The third-order valence-electron chi connectivity index (χ3n) is 5.07. The van der Waals surface area contributed by atoms with Crippen LogP contribution in [0.3, 0.4) is 0 Å². The Labute approximate surface area is 146 Å². The van der Waals surface area contributed by atoms with Crippen molar-refractivity contribution in [1.29, 1.82) is 0 Å². The predicted octanol–water partition coefficient (Wildman–Crippen LogP) is 2.51. The number of hydrogen-bond acceptors (Lipinski definition) is 6. The molecule has 1 spiro atoms. The summed E-state index contributed by atoms with van der Waals surface area (Å²) in [6.45, 7) is 5.04. The summed E-state index contributed by atoms with van der Waals surface area (Å²) in [5.41, 5.74) is 1.78. The van der Waals surface area contributed by atoms with Crippen LogP contribution in [-0.4, -0.2) is 46.4 Å². The van der Waals surface area contributed by atoms with Crippen molar-refractivity contribution in [1.82, 2.24) is 20.4 Å². The highest BCUT2D eigenvalue weighted by atomic mass is 16.6. The molecule has 2 aromatic rings. The summed E-state index contributed by atoms with van der Waals surface area (Å²) in [4.78, 5) is 18.2. The number of aromatic nitrogens is 2. The van der Waals surface area contributed by atoms with Gasteiger partial charge in [0.05, 0.1) is 13.1 Å². The second kappa shape index (κ2) is 6.48. The van der Waals surface area contributed by atoms with Gasteiger partial charge < -0.3 is 14.6 Å². The molecule has 0 bridgehead atoms. The van der Waals surface area contributed by atoms with Crippen molar-refractivity contribution in [2.75, 3.05) is 19.6 Å². The molecule has 0 aliphatic carbocycles. The average molecular weight is 342 g/mol. The van der Waals surface area contributed by atoms with Crippen LogP contribution in [0.5, 0.6) is 0 Å². The maximum Gasteiger partial charge on any atom is 0.407 e. The zero-order chi connectivity index (χ0) is 17.3. The predicted molar refractivity (Wildman–Crippen MR) is 90.8 cm³/mol. The Morgan fingerprint density at radius 2 is 2.16 bits per heavy atom. The monoisotopic (exact) mass is 342 g/mol. The van der Waals surface area contributed by atoms with Crippen molar-refractivity contribution in [2.24, 2.45) is 0 Å². The van der Waals surface area contributed by atoms with Gasteiger partial charge in [-0.05, 0) is 31.9 Å². The maximum absolute atomic E-state index is 11.4. The molecule has 2 aliphatic heterocycles. The molecule has 132 valence electrons. The molecule has 1 aromatic heterocycles. The summed E-state index contributed by atoms with van der Waals surface area (Å²) in [6, 6.07) is 8.01. The minimum atomic E-state index is -0.340. The van der Waals surface area contributed by atoms with Gasteiger partial charge in [0.2, 0.25) is 11.7 Å². The van der Waals surface area contributed by atoms with Crippen LogP contribution in [0.25, 0.3) is 11.4 Å². The first kappa shape index (κ1) is 16.1. The van der Waals surface area contributed by atoms with E-state index in [-0.39, 0.29) is 11.7 Å². The van der Waals surface area contributed by atoms with Gasteiger partial charge >= 0.3 is 6.09 Å². The first-order valence-electron chi connectivity index (χ1n) is 8.71. The fourth-order valence-corrected chi connectivity index (χ4v) is 3.61. The van der Waals surface area contributed by atoms with Crippen molar-refractivity contribution in [3.8, 4) is 11.4 Å². The van der Waals surface area contributed by atoms with Crippen molar-refractivity contribution in [2.45, 2.75) is 38.3 Å². The second-order valence-corrected chi connectivity index (χ2v) is 6.88. The summed E-state index contributed by atoms with van der Waals surface area (Å²) < 4.78 is 11.0. The van der Waals surface area contributed by atoms with E-state index in [0.29, 0.717) is 24.8 Å². The number of rotatable bonds is 3. The molecule has 2 aliphatic rings. The molecule has 7 heteroatoms. The van der Waals surface area contributed by atoms with Crippen LogP contribution in [0, 0.1) is 6.92 Å². The maximum atomic E-state index is 11.4. The van der Waals surface area contributed by atoms with E-state index in [4.69, 9.17) is 9.26 Å². The standard InChI is InChI=1S/C18H22N4O3/c1-13-5-2-3-6-14(13)16-20-15(25-21-16)11-22-9-4-7-18(8-10-22)12-19-17(23)24-18/h2-3,5-6H,4,7-12H2,1H3,(H,19,23)/t18-/m0/s1. The van der Waals surface area contributed by atoms with Crippen LogP contribution in [0.15, 0.2) is 28.8 Å². The fraction of sp³-hybridized carbons (Fsp3) is 0.500. The van der Waals surface area contributed by atoms with Gasteiger partial charge in [-0.25, -0.2) is 4.79 Å². The summed E-state index contributed by atoms with van der Waals surface area (Å²) >= 11 is 0. The van der Waals surface area contributed by atoms with Gasteiger partial charge in [0.1, 0.15) is 5.60 Å². The molecule has 4 rings (SSSR count). The van der Waals surface area contributed by atoms with Gasteiger partial charge in [-0.3, -0.25) is 4.90 Å². The zero-order valence-electron chi connectivity index (χ0n) is 14.3. The average Bonchev–Trinajstić information content (AvgIpc) is 3.14. The second-order valence-electron chi connectivity index (χ2n) is 6.88. The molecule has 0 saturated carbocycles. The molecular formula is C18H22N4O3. The molecule has 2 fully saturated rings. The third-order valence-corrected chi connectivity index (χ3v) is 5.07. The molecule has 0 unspecified atom stereocenters. The molecular weight excluding hydrogens is 320 g/mol. The molecule has 1 aromatic carbocycles. The van der Waals surface area contributed by atoms with Crippen LogP contribution in [0.4, 0.5) is 4.79 Å². The number of carbonyl (C=O) groups is 1. The normalized spacial score (nSPS) is 24.1. The van der Waals surface area contributed by atoms with E-state index in [1.54, 1.807) is 0 Å². The number of carbonyl (C=O) groups excluding carboxylic acids is 1. The number of ether oxygens (including phenoxy) is 1. The van der Waals surface area contributed by atoms with E-state index in [9.17, 15) is 4.79 Å². The van der Waals surface area contributed by atoms with E-state index in [1.165, 1.54) is 0 Å². The number of nitrogens with one attached hydrogen (secondary N) is 1. The van der Waals surface area contributed by atoms with Crippen LogP contribution < -0.4 is 5.32 Å². The summed E-state index contributed by atoms with van der Waals surface area (Å²) in [7, 11) is 0. The van der Waals surface area contributed by atoms with Crippen molar-refractivity contribution in [3.63, 3.8) is 0 Å². The number of hydrogen-bond donors (Lipinski definition) is 1. The fourth-order valence-electron chi connectivity index (χ4n) is 3.61. The Bertz CT molecular complexity index is 775. The number of benzene rings is 1. The van der Waals surface area contributed by atoms with E-state index in [2.05, 4.69) is 20.4 Å². The largest absolute Gasteiger partial charge is 0.441 e. The zero-order valence-corrected chi connectivity index (χ0v) is 14.3. The van der Waals surface area contributed by atoms with Gasteiger partial charge in [-0.15, -0.1) is 0 Å². The first-order chi connectivity index (χ1) is 12.1. The smallest absolute Gasteiger partial charge is 0.407 e. The van der Waals surface area contributed by atoms with Crippen LogP contribution in [0.1, 0.15) is 30.7 Å². The van der Waals surface area contributed by atoms with Crippen LogP contribution in [-0.2, 0) is 11.3 Å². The van der Waals surface area contributed by atoms with Crippen LogP contribution >= 0.6 is 0 Å². The van der Waals surface area contributed by atoms with Gasteiger partial charge in [0, 0.05) is 18.5 Å². The summed E-state index contributed by atoms with van der Waals surface area (Å²) in [6.07, 6.45) is 2.40. The molecule has 0 radical (unpaired) electrons. The molecule has 7 nitrogen and oxygen atoms in total. The molecule has 1 N–H and O–H groups in total. The minimum absolute atomic E-state index is 0.298. The number of nitrogens with zero attached hydrogens (tertiary/aromatic N) is 3. The Hall–Kier alpha value is -2.41. The van der Waals surface area contributed by atoms with Gasteiger partial charge in [-0.2, -0.15) is 4.98 Å².